The molecule has 1 aromatic carbocycles. The number of hydrogen-bond donors (Lipinski definition) is 1. The average Bonchev–Trinajstić information content (AvgIpc) is 2.74. The van der Waals surface area contributed by atoms with Gasteiger partial charge in [-0.1, -0.05) is 68.2 Å². The smallest absolute Gasteiger partial charge is 0.0732 e. The average molecular weight is 327 g/mol. The van der Waals surface area contributed by atoms with Gasteiger partial charge in [0.2, 0.25) is 0 Å². The molecule has 0 spiro atoms. The third-order valence-corrected chi connectivity index (χ3v) is 8.16. The first-order valence-corrected chi connectivity index (χ1v) is 12.3. The van der Waals surface area contributed by atoms with Crippen LogP contribution in [-0.4, -0.2) is 19.3 Å². The van der Waals surface area contributed by atoms with E-state index in [0.717, 1.165) is 19.3 Å². The van der Waals surface area contributed by atoms with Gasteiger partial charge in [0.1, 0.15) is 0 Å². The summed E-state index contributed by atoms with van der Waals surface area (Å²) in [4.78, 5) is 0. The van der Waals surface area contributed by atoms with E-state index in [1.54, 1.807) is 5.20 Å². The minimum Gasteiger partial charge on any atom is -0.393 e. The molecule has 2 aliphatic carbocycles. The number of rotatable bonds is 2. The van der Waals surface area contributed by atoms with Crippen LogP contribution >= 0.6 is 0 Å². The summed E-state index contributed by atoms with van der Waals surface area (Å²) in [6.07, 6.45) is 2.77. The van der Waals surface area contributed by atoms with Gasteiger partial charge in [-0.3, -0.25) is 0 Å². The number of aliphatic hydroxyl groups excluding tert-OH is 1. The van der Waals surface area contributed by atoms with Crippen molar-refractivity contribution >= 4 is 13.6 Å². The van der Waals surface area contributed by atoms with Gasteiger partial charge in [0.15, 0.2) is 0 Å². The molecule has 0 saturated heterocycles. The van der Waals surface area contributed by atoms with Crippen LogP contribution in [-0.2, 0) is 0 Å². The van der Waals surface area contributed by atoms with E-state index in [1.807, 2.05) is 0 Å². The van der Waals surface area contributed by atoms with Crippen LogP contribution in [0.15, 0.2) is 41.6 Å². The first-order valence-electron chi connectivity index (χ1n) is 8.80. The highest BCUT2D eigenvalue weighted by Gasteiger charge is 2.50. The van der Waals surface area contributed by atoms with Crippen LogP contribution in [0.1, 0.15) is 37.3 Å². The summed E-state index contributed by atoms with van der Waals surface area (Å²) in [6, 6.07) is 8.91. The van der Waals surface area contributed by atoms with E-state index in [9.17, 15) is 5.11 Å². The molecule has 1 saturated carbocycles. The molecular weight excluding hydrogens is 296 g/mol. The van der Waals surface area contributed by atoms with Crippen LogP contribution in [0.3, 0.4) is 0 Å². The second kappa shape index (κ2) is 5.46. The van der Waals surface area contributed by atoms with E-state index in [4.69, 9.17) is 0 Å². The number of fused-ring (bicyclic) bond motifs is 1. The van der Waals surface area contributed by atoms with Crippen molar-refractivity contribution in [3.8, 4) is 0 Å². The van der Waals surface area contributed by atoms with Gasteiger partial charge in [-0.2, -0.15) is 0 Å². The SMILES string of the molecule is C=C1C(c2ccc(C)cc2)=C([Si](C)(C)C)C[C@@]2(C)C[C@@H](O)C[C@H]12. The van der Waals surface area contributed by atoms with Crippen LogP contribution in [0.4, 0.5) is 0 Å². The fourth-order valence-electron chi connectivity index (χ4n) is 4.66. The highest BCUT2D eigenvalue weighted by atomic mass is 28.3. The Morgan fingerprint density at radius 3 is 2.35 bits per heavy atom. The first kappa shape index (κ1) is 16.7. The monoisotopic (exact) mass is 326 g/mol. The topological polar surface area (TPSA) is 20.2 Å². The largest absolute Gasteiger partial charge is 0.393 e. The van der Waals surface area contributed by atoms with Crippen molar-refractivity contribution in [1.29, 1.82) is 0 Å². The van der Waals surface area contributed by atoms with Crippen LogP contribution in [0.2, 0.25) is 19.6 Å². The maximum atomic E-state index is 10.3. The number of allylic oxidation sites excluding steroid dienone is 3. The van der Waals surface area contributed by atoms with Crippen LogP contribution in [0.25, 0.3) is 5.57 Å². The van der Waals surface area contributed by atoms with Crippen molar-refractivity contribution in [3.63, 3.8) is 0 Å². The minimum atomic E-state index is -1.45. The lowest BCUT2D eigenvalue weighted by atomic mass is 9.67. The maximum absolute atomic E-state index is 10.3. The lowest BCUT2D eigenvalue weighted by Gasteiger charge is -2.44. The van der Waals surface area contributed by atoms with Gasteiger partial charge in [0, 0.05) is 0 Å². The van der Waals surface area contributed by atoms with E-state index in [-0.39, 0.29) is 11.5 Å². The summed E-state index contributed by atoms with van der Waals surface area (Å²) in [6.45, 7) is 16.4. The van der Waals surface area contributed by atoms with Gasteiger partial charge < -0.3 is 5.11 Å². The van der Waals surface area contributed by atoms with Crippen molar-refractivity contribution in [2.24, 2.45) is 11.3 Å². The Kier molecular flexibility index (Phi) is 3.97. The minimum absolute atomic E-state index is 0.165. The van der Waals surface area contributed by atoms with E-state index in [1.165, 1.54) is 22.3 Å². The lowest BCUT2D eigenvalue weighted by Crippen LogP contribution is -2.37. The van der Waals surface area contributed by atoms with Gasteiger partial charge in [0.25, 0.3) is 0 Å². The third kappa shape index (κ3) is 2.87. The summed E-state index contributed by atoms with van der Waals surface area (Å²) >= 11 is 0. The number of hydrogen-bond acceptors (Lipinski definition) is 1. The van der Waals surface area contributed by atoms with E-state index in [0.29, 0.717) is 5.92 Å². The van der Waals surface area contributed by atoms with Gasteiger partial charge in [-0.15, -0.1) is 0 Å². The number of aliphatic hydroxyl groups is 1. The van der Waals surface area contributed by atoms with Gasteiger partial charge in [-0.25, -0.2) is 0 Å². The quantitative estimate of drug-likeness (QED) is 0.725. The van der Waals surface area contributed by atoms with Crippen molar-refractivity contribution < 1.29 is 5.11 Å². The highest BCUT2D eigenvalue weighted by Crippen LogP contribution is 2.58. The van der Waals surface area contributed by atoms with Gasteiger partial charge >= 0.3 is 0 Å². The maximum Gasteiger partial charge on any atom is 0.0732 e. The van der Waals surface area contributed by atoms with Gasteiger partial charge in [0.05, 0.1) is 14.2 Å². The van der Waals surface area contributed by atoms with Crippen molar-refractivity contribution in [2.75, 3.05) is 0 Å². The molecule has 0 radical (unpaired) electrons. The molecule has 1 fully saturated rings. The second-order valence-corrected chi connectivity index (χ2v) is 14.1. The predicted octanol–water partition coefficient (Wildman–Crippen LogP) is 5.36. The zero-order valence-electron chi connectivity index (χ0n) is 15.2. The Labute approximate surface area is 142 Å². The summed E-state index contributed by atoms with van der Waals surface area (Å²) in [5.41, 5.74) is 5.51. The van der Waals surface area contributed by atoms with Gasteiger partial charge in [-0.05, 0) is 54.2 Å². The molecule has 23 heavy (non-hydrogen) atoms. The fourth-order valence-corrected chi connectivity index (χ4v) is 6.65. The molecule has 3 atom stereocenters. The Balaban J connectivity index is 2.17. The molecule has 3 rings (SSSR count). The second-order valence-electron chi connectivity index (χ2n) is 8.97. The van der Waals surface area contributed by atoms with Crippen molar-refractivity contribution in [1.82, 2.24) is 0 Å². The molecule has 0 bridgehead atoms. The van der Waals surface area contributed by atoms with E-state index in [2.05, 4.69) is 64.3 Å². The first-order chi connectivity index (χ1) is 10.6. The fraction of sp³-hybridized carbons (Fsp3) is 0.524. The molecule has 0 heterocycles. The Bertz CT molecular complexity index is 662. The van der Waals surface area contributed by atoms with Crippen molar-refractivity contribution in [3.05, 3.63) is 52.7 Å². The molecule has 1 nitrogen and oxygen atoms in total. The normalized spacial score (nSPS) is 31.5. The Morgan fingerprint density at radius 1 is 1.17 bits per heavy atom. The molecule has 1 N–H and O–H groups in total. The molecule has 0 amide bonds. The molecule has 0 aromatic heterocycles. The Hall–Kier alpha value is -1.12. The standard InChI is InChI=1S/C21H30OSi/c1-14-7-9-16(10-8-14)20-15(2)18-11-17(22)12-21(18,3)13-19(20)23(4,5)6/h7-10,17-18,22H,2,11-13H2,1,3-6H3/t17-,18+,21+/m0/s1. The van der Waals surface area contributed by atoms with Crippen molar-refractivity contribution in [2.45, 2.75) is 58.9 Å². The highest BCUT2D eigenvalue weighted by molar-refractivity contribution is 6.84. The third-order valence-electron chi connectivity index (χ3n) is 5.92. The molecule has 0 aliphatic heterocycles. The molecule has 2 heteroatoms. The Morgan fingerprint density at radius 2 is 1.78 bits per heavy atom. The van der Waals surface area contributed by atoms with Crippen LogP contribution in [0.5, 0.6) is 0 Å². The number of benzene rings is 1. The summed E-state index contributed by atoms with van der Waals surface area (Å²) in [5, 5.41) is 11.9. The lowest BCUT2D eigenvalue weighted by molar-refractivity contribution is 0.163. The molecule has 2 aliphatic rings. The van der Waals surface area contributed by atoms with E-state index >= 15 is 0 Å². The number of aryl methyl sites for hydroxylation is 1. The zero-order valence-corrected chi connectivity index (χ0v) is 16.2. The van der Waals surface area contributed by atoms with Crippen LogP contribution in [0, 0.1) is 18.3 Å². The molecule has 1 aromatic rings. The van der Waals surface area contributed by atoms with E-state index < -0.39 is 8.07 Å². The molecular formula is C21H30OSi. The zero-order chi connectivity index (χ0) is 17.0. The molecule has 0 unspecified atom stereocenters. The summed E-state index contributed by atoms with van der Waals surface area (Å²) in [7, 11) is -1.45. The summed E-state index contributed by atoms with van der Waals surface area (Å²) < 4.78 is 0. The summed E-state index contributed by atoms with van der Waals surface area (Å²) in [5.74, 6) is 0.425. The molecule has 124 valence electrons. The van der Waals surface area contributed by atoms with Crippen LogP contribution < -0.4 is 0 Å². The predicted molar refractivity (Wildman–Crippen MR) is 102 cm³/mol.